The van der Waals surface area contributed by atoms with E-state index in [1.54, 1.807) is 0 Å². The maximum absolute atomic E-state index is 11.0. The molecule has 0 spiro atoms. The Bertz CT molecular complexity index is 523. The lowest BCUT2D eigenvalue weighted by molar-refractivity contribution is -0.141. The average molecular weight is 260 g/mol. The Morgan fingerprint density at radius 1 is 1.65 bits per heavy atom. The maximum Gasteiger partial charge on any atom is 0.339 e. The van der Waals surface area contributed by atoms with Crippen LogP contribution in [0.5, 0.6) is 0 Å². The summed E-state index contributed by atoms with van der Waals surface area (Å²) < 4.78 is 5.74. The quantitative estimate of drug-likeness (QED) is 0.367. The van der Waals surface area contributed by atoms with Crippen molar-refractivity contribution in [3.05, 3.63) is 20.7 Å². The van der Waals surface area contributed by atoms with Crippen LogP contribution in [0.4, 0.5) is 0 Å². The second-order valence-corrected chi connectivity index (χ2v) is 4.13. The lowest BCUT2D eigenvalue weighted by Crippen LogP contribution is -2.36. The molecule has 1 atom stereocenters. The molecule has 0 aliphatic rings. The fraction of sp³-hybridized carbons (Fsp3) is 0.500. The summed E-state index contributed by atoms with van der Waals surface area (Å²) in [6.45, 7) is 0. The summed E-state index contributed by atoms with van der Waals surface area (Å²) >= 11 is 1.08. The fourth-order valence-corrected chi connectivity index (χ4v) is 1.82. The number of rotatable bonds is 4. The number of nitrogens with two attached hydrogens (primary N) is 1. The number of thioether (sulfide) groups is 1. The second kappa shape index (κ2) is 5.64. The van der Waals surface area contributed by atoms with E-state index in [4.69, 9.17) is 5.73 Å². The van der Waals surface area contributed by atoms with Gasteiger partial charge in [0.15, 0.2) is 5.16 Å². The first-order valence-corrected chi connectivity index (χ1v) is 5.58. The summed E-state index contributed by atoms with van der Waals surface area (Å²) in [7, 11) is 2.76. The van der Waals surface area contributed by atoms with Crippen molar-refractivity contribution in [2.45, 2.75) is 11.2 Å². The van der Waals surface area contributed by atoms with Crippen molar-refractivity contribution in [2.24, 2.45) is 12.8 Å². The van der Waals surface area contributed by atoms with Gasteiger partial charge in [-0.3, -0.25) is 24.2 Å². The van der Waals surface area contributed by atoms with Crippen LogP contribution < -0.4 is 16.9 Å². The second-order valence-electron chi connectivity index (χ2n) is 3.14. The van der Waals surface area contributed by atoms with Gasteiger partial charge in [0.2, 0.25) is 0 Å². The van der Waals surface area contributed by atoms with Crippen molar-refractivity contribution in [3.63, 3.8) is 0 Å². The van der Waals surface area contributed by atoms with Crippen molar-refractivity contribution in [1.82, 2.24) is 14.8 Å². The van der Waals surface area contributed by atoms with E-state index in [-0.39, 0.29) is 10.9 Å². The Hall–Kier alpha value is -1.61. The number of methoxy groups -OCH3 is 1. The number of nitrogens with zero attached hydrogens (tertiary/aromatic N) is 2. The van der Waals surface area contributed by atoms with Gasteiger partial charge in [-0.05, 0) is 0 Å². The first kappa shape index (κ1) is 13.5. The van der Waals surface area contributed by atoms with Crippen molar-refractivity contribution >= 4 is 17.7 Å². The minimum absolute atomic E-state index is 0.193. The molecule has 94 valence electrons. The van der Waals surface area contributed by atoms with Crippen LogP contribution in [0, 0.1) is 0 Å². The van der Waals surface area contributed by atoms with E-state index < -0.39 is 23.1 Å². The van der Waals surface area contributed by atoms with Crippen molar-refractivity contribution in [2.75, 3.05) is 12.9 Å². The summed E-state index contributed by atoms with van der Waals surface area (Å²) in [6, 6.07) is -0.811. The largest absolute Gasteiger partial charge is 0.468 e. The smallest absolute Gasteiger partial charge is 0.339 e. The normalized spacial score (nSPS) is 12.2. The third kappa shape index (κ3) is 3.43. The first-order valence-electron chi connectivity index (χ1n) is 4.59. The Morgan fingerprint density at radius 3 is 2.88 bits per heavy atom. The Balaban J connectivity index is 2.77. The lowest BCUT2D eigenvalue weighted by atomic mass is 10.4. The molecule has 8 nitrogen and oxygen atoms in total. The van der Waals surface area contributed by atoms with E-state index in [0.717, 1.165) is 11.8 Å². The van der Waals surface area contributed by atoms with Gasteiger partial charge in [0.05, 0.1) is 7.11 Å². The monoisotopic (exact) mass is 260 g/mol. The van der Waals surface area contributed by atoms with Crippen LogP contribution in [-0.4, -0.2) is 39.6 Å². The molecule has 0 aromatic carbocycles. The Labute approximate surface area is 100 Å². The van der Waals surface area contributed by atoms with Crippen LogP contribution in [0.3, 0.4) is 0 Å². The molecule has 1 aromatic heterocycles. The van der Waals surface area contributed by atoms with Crippen LogP contribution >= 0.6 is 11.8 Å². The maximum atomic E-state index is 11.0. The lowest BCUT2D eigenvalue weighted by Gasteiger charge is -2.09. The van der Waals surface area contributed by atoms with Crippen molar-refractivity contribution in [3.8, 4) is 0 Å². The van der Waals surface area contributed by atoms with E-state index in [2.05, 4.69) is 14.8 Å². The van der Waals surface area contributed by atoms with E-state index in [0.29, 0.717) is 0 Å². The fourth-order valence-electron chi connectivity index (χ4n) is 0.973. The SMILES string of the molecule is COC(=O)C(N)CSc1nc(=O)c(=O)[nH]n1C. The molecule has 0 aliphatic heterocycles. The average Bonchev–Trinajstić information content (AvgIpc) is 2.30. The third-order valence-electron chi connectivity index (χ3n) is 1.84. The molecule has 0 saturated heterocycles. The number of aryl methyl sites for hydroxylation is 1. The Kier molecular flexibility index (Phi) is 4.46. The summed E-state index contributed by atoms with van der Waals surface area (Å²) in [5.41, 5.74) is 3.84. The first-order chi connectivity index (χ1) is 7.95. The van der Waals surface area contributed by atoms with Crippen LogP contribution in [0.2, 0.25) is 0 Å². The number of carbonyl (C=O) groups excluding carboxylic acids is 1. The van der Waals surface area contributed by atoms with E-state index in [9.17, 15) is 14.4 Å². The number of hydrogen-bond donors (Lipinski definition) is 2. The highest BCUT2D eigenvalue weighted by atomic mass is 32.2. The zero-order valence-electron chi connectivity index (χ0n) is 9.30. The number of ether oxygens (including phenoxy) is 1. The summed E-state index contributed by atoms with van der Waals surface area (Å²) in [5.74, 6) is -0.356. The molecule has 1 aromatic rings. The molecule has 0 fully saturated rings. The standard InChI is InChI=1S/C8H12N4O4S/c1-12-8(10-5(13)6(14)11-12)17-3-4(9)7(15)16-2/h4H,3,9H2,1-2H3,(H,11,14). The number of aromatic nitrogens is 3. The van der Waals surface area contributed by atoms with Gasteiger partial charge >= 0.3 is 17.1 Å². The topological polar surface area (TPSA) is 120 Å². The molecule has 9 heteroatoms. The zero-order chi connectivity index (χ0) is 13.0. The number of aromatic amines is 1. The zero-order valence-corrected chi connectivity index (χ0v) is 10.1. The van der Waals surface area contributed by atoms with Gasteiger partial charge < -0.3 is 10.5 Å². The van der Waals surface area contributed by atoms with Crippen LogP contribution in [0.15, 0.2) is 14.7 Å². The molecule has 0 radical (unpaired) electrons. The van der Waals surface area contributed by atoms with E-state index in [1.807, 2.05) is 0 Å². The molecule has 1 rings (SSSR count). The summed E-state index contributed by atoms with van der Waals surface area (Å²) in [5, 5.41) is 2.55. The number of esters is 1. The molecule has 0 amide bonds. The molecule has 0 bridgehead atoms. The third-order valence-corrected chi connectivity index (χ3v) is 2.99. The molecular formula is C8H12N4O4S. The number of nitrogens with one attached hydrogen (secondary N) is 1. The molecule has 1 heterocycles. The minimum Gasteiger partial charge on any atom is -0.468 e. The Morgan fingerprint density at radius 2 is 2.29 bits per heavy atom. The molecule has 3 N–H and O–H groups in total. The van der Waals surface area contributed by atoms with Gasteiger partial charge in [-0.15, -0.1) is 0 Å². The number of H-pyrrole nitrogens is 1. The number of carbonyl (C=O) groups is 1. The highest BCUT2D eigenvalue weighted by Crippen LogP contribution is 2.12. The molecule has 0 saturated carbocycles. The molecule has 0 aliphatic carbocycles. The highest BCUT2D eigenvalue weighted by Gasteiger charge is 2.15. The molecule has 17 heavy (non-hydrogen) atoms. The van der Waals surface area contributed by atoms with Crippen molar-refractivity contribution < 1.29 is 9.53 Å². The van der Waals surface area contributed by atoms with Gasteiger partial charge in [-0.25, -0.2) is 0 Å². The minimum atomic E-state index is -0.878. The van der Waals surface area contributed by atoms with Crippen LogP contribution in [0.1, 0.15) is 0 Å². The predicted molar refractivity (Wildman–Crippen MR) is 60.8 cm³/mol. The molecule has 1 unspecified atom stereocenters. The van der Waals surface area contributed by atoms with Gasteiger partial charge in [-0.1, -0.05) is 11.8 Å². The van der Waals surface area contributed by atoms with Gasteiger partial charge in [-0.2, -0.15) is 4.98 Å². The number of hydrogen-bond acceptors (Lipinski definition) is 7. The van der Waals surface area contributed by atoms with Gasteiger partial charge in [0.1, 0.15) is 6.04 Å². The highest BCUT2D eigenvalue weighted by molar-refractivity contribution is 7.99. The summed E-state index contributed by atoms with van der Waals surface area (Å²) in [6.07, 6.45) is 0. The van der Waals surface area contributed by atoms with Gasteiger partial charge in [0, 0.05) is 12.8 Å². The summed E-state index contributed by atoms with van der Waals surface area (Å²) in [4.78, 5) is 36.5. The van der Waals surface area contributed by atoms with Crippen LogP contribution in [0.25, 0.3) is 0 Å². The van der Waals surface area contributed by atoms with E-state index in [1.165, 1.54) is 18.8 Å². The van der Waals surface area contributed by atoms with Crippen LogP contribution in [-0.2, 0) is 16.6 Å². The predicted octanol–water partition coefficient (Wildman–Crippen LogP) is -1.94. The van der Waals surface area contributed by atoms with Gasteiger partial charge in [0.25, 0.3) is 0 Å². The van der Waals surface area contributed by atoms with E-state index >= 15 is 0 Å². The van der Waals surface area contributed by atoms with Crippen molar-refractivity contribution in [1.29, 1.82) is 0 Å². The molecular weight excluding hydrogens is 248 g/mol.